The van der Waals surface area contributed by atoms with Gasteiger partial charge in [0.25, 0.3) is 0 Å². The lowest BCUT2D eigenvalue weighted by molar-refractivity contribution is 0.359. The summed E-state index contributed by atoms with van der Waals surface area (Å²) in [6, 6.07) is 10.7. The minimum Gasteiger partial charge on any atom is -0.233 e. The Morgan fingerprint density at radius 1 is 1.17 bits per heavy atom. The van der Waals surface area contributed by atoms with Gasteiger partial charge >= 0.3 is 0 Å². The number of sulfonamides is 1. The second kappa shape index (κ2) is 8.38. The Kier molecular flexibility index (Phi) is 5.50. The topological polar surface area (TPSA) is 55.2 Å². The molecule has 2 aromatic carbocycles. The number of nitrogens with zero attached hydrogens (tertiary/aromatic N) is 3. The standard InChI is InChI=1S/C29H32FN3O2S/c1-19(2)17-36(34,35)32-16-26-28(21-7-5-4-6-8-21)29(26,18-32)25-14-22-15-31-33(27(22)13-20(25)3)24-11-9-23(30)10-12-24/h4-7,9-15,19,21,26,28H,8,16-18H2,1-3H3/t21?,26-,28-,29+/m1/s1. The third kappa shape index (κ3) is 3.67. The van der Waals surface area contributed by atoms with Crippen LogP contribution in [0.4, 0.5) is 4.39 Å². The van der Waals surface area contributed by atoms with E-state index in [2.05, 4.69) is 48.5 Å². The Bertz CT molecular complexity index is 1490. The SMILES string of the molecule is Cc1cc2c(cnn2-c2ccc(F)cc2)cc1[C@@]12CN(S(=O)(=O)CC(C)C)C[C@@H]1[C@H]2C1C=CC=CC1. The number of rotatable bonds is 6. The summed E-state index contributed by atoms with van der Waals surface area (Å²) < 4.78 is 43.5. The predicted octanol–water partition coefficient (Wildman–Crippen LogP) is 5.39. The van der Waals surface area contributed by atoms with Gasteiger partial charge in [-0.25, -0.2) is 21.8 Å². The minimum absolute atomic E-state index is 0.0977. The number of halogens is 1. The minimum atomic E-state index is -3.30. The molecule has 1 saturated heterocycles. The largest absolute Gasteiger partial charge is 0.233 e. The molecule has 2 aliphatic carbocycles. The Morgan fingerprint density at radius 3 is 2.64 bits per heavy atom. The van der Waals surface area contributed by atoms with E-state index in [1.807, 2.05) is 24.7 Å². The first-order chi connectivity index (χ1) is 17.2. The molecule has 0 amide bonds. The summed E-state index contributed by atoms with van der Waals surface area (Å²) in [6.07, 6.45) is 11.6. The van der Waals surface area contributed by atoms with Crippen molar-refractivity contribution in [3.05, 3.63) is 83.8 Å². The summed E-state index contributed by atoms with van der Waals surface area (Å²) in [5.74, 6) is 1.17. The number of hydrogen-bond donors (Lipinski definition) is 0. The average Bonchev–Trinajstić information content (AvgIpc) is 3.11. The highest BCUT2D eigenvalue weighted by Gasteiger charge is 2.72. The molecule has 3 aliphatic rings. The van der Waals surface area contributed by atoms with E-state index in [1.54, 1.807) is 16.4 Å². The van der Waals surface area contributed by atoms with Crippen LogP contribution < -0.4 is 0 Å². The lowest BCUT2D eigenvalue weighted by atomic mass is 9.83. The fraction of sp³-hybridized carbons (Fsp3) is 0.414. The molecular formula is C29H32FN3O2S. The summed E-state index contributed by atoms with van der Waals surface area (Å²) >= 11 is 0. The Balaban J connectivity index is 1.42. The number of aryl methyl sites for hydroxylation is 1. The zero-order valence-corrected chi connectivity index (χ0v) is 21.7. The molecule has 5 nitrogen and oxygen atoms in total. The highest BCUT2D eigenvalue weighted by Crippen LogP contribution is 2.68. The van der Waals surface area contributed by atoms with Crippen molar-refractivity contribution >= 4 is 20.9 Å². The molecule has 0 spiro atoms. The van der Waals surface area contributed by atoms with Crippen LogP contribution in [0.3, 0.4) is 0 Å². The molecule has 36 heavy (non-hydrogen) atoms. The number of piperidine rings is 1. The fourth-order valence-corrected chi connectivity index (χ4v) is 8.69. The van der Waals surface area contributed by atoms with E-state index in [4.69, 9.17) is 0 Å². The van der Waals surface area contributed by atoms with Crippen LogP contribution in [0.15, 0.2) is 66.9 Å². The van der Waals surface area contributed by atoms with Crippen molar-refractivity contribution in [1.82, 2.24) is 14.1 Å². The normalized spacial score (nSPS) is 27.8. The van der Waals surface area contributed by atoms with Crippen LogP contribution in [0.1, 0.15) is 31.4 Å². The molecule has 1 aromatic heterocycles. The van der Waals surface area contributed by atoms with Crippen molar-refractivity contribution in [3.63, 3.8) is 0 Å². The first kappa shape index (κ1) is 23.6. The Hall–Kier alpha value is -2.77. The maximum atomic E-state index is 13.5. The van der Waals surface area contributed by atoms with Crippen molar-refractivity contribution < 1.29 is 12.8 Å². The molecule has 1 unspecified atom stereocenters. The van der Waals surface area contributed by atoms with Crippen molar-refractivity contribution in [2.45, 2.75) is 32.6 Å². The molecule has 188 valence electrons. The van der Waals surface area contributed by atoms with Crippen molar-refractivity contribution in [2.24, 2.45) is 23.7 Å². The molecule has 1 aliphatic heterocycles. The summed E-state index contributed by atoms with van der Waals surface area (Å²) in [6.45, 7) is 7.19. The van der Waals surface area contributed by atoms with Gasteiger partial charge in [0.15, 0.2) is 0 Å². The van der Waals surface area contributed by atoms with Gasteiger partial charge in [0.2, 0.25) is 10.0 Å². The zero-order valence-electron chi connectivity index (χ0n) is 20.9. The van der Waals surface area contributed by atoms with E-state index >= 15 is 0 Å². The van der Waals surface area contributed by atoms with Crippen LogP contribution >= 0.6 is 0 Å². The van der Waals surface area contributed by atoms with E-state index in [0.717, 1.165) is 28.6 Å². The van der Waals surface area contributed by atoms with E-state index in [-0.39, 0.29) is 22.9 Å². The lowest BCUT2D eigenvalue weighted by Gasteiger charge is -2.28. The van der Waals surface area contributed by atoms with Gasteiger partial charge in [0.05, 0.1) is 23.2 Å². The number of fused-ring (bicyclic) bond motifs is 2. The molecule has 1 saturated carbocycles. The second-order valence-corrected chi connectivity index (χ2v) is 13.1. The van der Waals surface area contributed by atoms with Gasteiger partial charge in [-0.2, -0.15) is 5.10 Å². The molecule has 4 atom stereocenters. The molecule has 3 aromatic rings. The van der Waals surface area contributed by atoms with Gasteiger partial charge in [-0.3, -0.25) is 0 Å². The fourth-order valence-electron chi connectivity index (χ4n) is 6.84. The van der Waals surface area contributed by atoms with Crippen molar-refractivity contribution in [2.75, 3.05) is 18.8 Å². The average molecular weight is 506 g/mol. The highest BCUT2D eigenvalue weighted by molar-refractivity contribution is 7.89. The number of benzene rings is 2. The number of aromatic nitrogens is 2. The molecular weight excluding hydrogens is 473 g/mol. The van der Waals surface area contributed by atoms with Crippen molar-refractivity contribution in [1.29, 1.82) is 0 Å². The molecule has 2 fully saturated rings. The molecule has 0 radical (unpaired) electrons. The van der Waals surface area contributed by atoms with E-state index in [9.17, 15) is 12.8 Å². The molecule has 0 N–H and O–H groups in total. The summed E-state index contributed by atoms with van der Waals surface area (Å²) in [5, 5.41) is 5.62. The van der Waals surface area contributed by atoms with Crippen LogP contribution in [0.25, 0.3) is 16.6 Å². The van der Waals surface area contributed by atoms with Gasteiger partial charge in [-0.1, -0.05) is 38.2 Å². The number of allylic oxidation sites excluding steroid dienone is 4. The smallest absolute Gasteiger partial charge is 0.214 e. The Morgan fingerprint density at radius 2 is 1.94 bits per heavy atom. The maximum absolute atomic E-state index is 13.5. The van der Waals surface area contributed by atoms with Crippen LogP contribution in [-0.4, -0.2) is 41.3 Å². The summed E-state index contributed by atoms with van der Waals surface area (Å²) in [4.78, 5) is 0. The predicted molar refractivity (Wildman–Crippen MR) is 141 cm³/mol. The lowest BCUT2D eigenvalue weighted by Crippen LogP contribution is -2.38. The molecule has 7 heteroatoms. The second-order valence-electron chi connectivity index (χ2n) is 11.1. The first-order valence-corrected chi connectivity index (χ1v) is 14.4. The summed E-state index contributed by atoms with van der Waals surface area (Å²) in [5.41, 5.74) is 3.99. The monoisotopic (exact) mass is 505 g/mol. The van der Waals surface area contributed by atoms with Crippen LogP contribution in [0.5, 0.6) is 0 Å². The maximum Gasteiger partial charge on any atom is 0.214 e. The van der Waals surface area contributed by atoms with Gasteiger partial charge in [0, 0.05) is 23.9 Å². The van der Waals surface area contributed by atoms with E-state index in [0.29, 0.717) is 30.8 Å². The van der Waals surface area contributed by atoms with Gasteiger partial charge in [-0.05, 0) is 84.5 Å². The van der Waals surface area contributed by atoms with Crippen molar-refractivity contribution in [3.8, 4) is 5.69 Å². The summed E-state index contributed by atoms with van der Waals surface area (Å²) in [7, 11) is -3.30. The molecule has 0 bridgehead atoms. The quantitative estimate of drug-likeness (QED) is 0.451. The van der Waals surface area contributed by atoms with Gasteiger partial charge < -0.3 is 0 Å². The van der Waals surface area contributed by atoms with Crippen LogP contribution in [-0.2, 0) is 15.4 Å². The first-order valence-electron chi connectivity index (χ1n) is 12.8. The van der Waals surface area contributed by atoms with Crippen LogP contribution in [0.2, 0.25) is 0 Å². The zero-order chi connectivity index (χ0) is 25.2. The van der Waals surface area contributed by atoms with Crippen LogP contribution in [0, 0.1) is 36.4 Å². The molecule has 6 rings (SSSR count). The van der Waals surface area contributed by atoms with E-state index < -0.39 is 10.0 Å². The molecule has 2 heterocycles. The Labute approximate surface area is 212 Å². The highest BCUT2D eigenvalue weighted by atomic mass is 32.2. The number of hydrogen-bond acceptors (Lipinski definition) is 3. The third-order valence-electron chi connectivity index (χ3n) is 8.32. The van der Waals surface area contributed by atoms with Gasteiger partial charge in [0.1, 0.15) is 5.82 Å². The third-order valence-corrected chi connectivity index (χ3v) is 10.5. The van der Waals surface area contributed by atoms with E-state index in [1.165, 1.54) is 17.7 Å². The van der Waals surface area contributed by atoms with Gasteiger partial charge in [-0.15, -0.1) is 0 Å².